The van der Waals surface area contributed by atoms with E-state index in [2.05, 4.69) is 41.7 Å². The maximum atomic E-state index is 6.13. The van der Waals surface area contributed by atoms with E-state index in [0.717, 1.165) is 22.4 Å². The molecule has 1 aliphatic rings. The average Bonchev–Trinajstić information content (AvgIpc) is 3.23. The van der Waals surface area contributed by atoms with E-state index < -0.39 is 0 Å². The molecule has 3 aromatic rings. The van der Waals surface area contributed by atoms with Gasteiger partial charge in [-0.2, -0.15) is 4.98 Å². The highest BCUT2D eigenvalue weighted by Crippen LogP contribution is 2.37. The summed E-state index contributed by atoms with van der Waals surface area (Å²) >= 11 is 11.8. The van der Waals surface area contributed by atoms with Gasteiger partial charge in [-0.1, -0.05) is 58.7 Å². The predicted octanol–water partition coefficient (Wildman–Crippen LogP) is 5.01. The van der Waals surface area contributed by atoms with Gasteiger partial charge < -0.3 is 19.5 Å². The van der Waals surface area contributed by atoms with Crippen LogP contribution in [0.3, 0.4) is 0 Å². The zero-order valence-corrected chi connectivity index (χ0v) is 19.1. The van der Waals surface area contributed by atoms with Crippen LogP contribution in [0.2, 0.25) is 5.02 Å². The van der Waals surface area contributed by atoms with E-state index in [-0.39, 0.29) is 6.04 Å². The fourth-order valence-electron chi connectivity index (χ4n) is 3.60. The molecule has 0 bridgehead atoms. The number of hydrogen-bond donors (Lipinski definition) is 1. The van der Waals surface area contributed by atoms with Crippen LogP contribution < -0.4 is 5.32 Å². The van der Waals surface area contributed by atoms with E-state index in [4.69, 9.17) is 38.1 Å². The van der Waals surface area contributed by atoms with Crippen molar-refractivity contribution < 1.29 is 9.26 Å². The fraction of sp³-hybridized carbons (Fsp3) is 0.261. The molecule has 1 N–H and O–H groups in total. The summed E-state index contributed by atoms with van der Waals surface area (Å²) < 4.78 is 11.0. The van der Waals surface area contributed by atoms with E-state index in [1.807, 2.05) is 36.1 Å². The van der Waals surface area contributed by atoms with Gasteiger partial charge in [-0.3, -0.25) is 0 Å². The molecule has 4 rings (SSSR count). The maximum Gasteiger partial charge on any atom is 0.258 e. The number of hydrogen-bond acceptors (Lipinski definition) is 5. The Kier molecular flexibility index (Phi) is 6.36. The number of rotatable bonds is 6. The number of halogens is 1. The summed E-state index contributed by atoms with van der Waals surface area (Å²) in [5.74, 6) is 0.924. The van der Waals surface area contributed by atoms with Gasteiger partial charge in [-0.05, 0) is 43.8 Å². The number of ether oxygens (including phenoxy) is 1. The van der Waals surface area contributed by atoms with E-state index in [0.29, 0.717) is 35.0 Å². The molecule has 1 atom stereocenters. The Bertz CT molecular complexity index is 1130. The van der Waals surface area contributed by atoms with Crippen LogP contribution >= 0.6 is 23.8 Å². The normalized spacial score (nSPS) is 16.6. The smallest absolute Gasteiger partial charge is 0.258 e. The van der Waals surface area contributed by atoms with Gasteiger partial charge in [0.05, 0.1) is 18.2 Å². The molecular formula is C23H23ClN4O2S. The molecule has 6 nitrogen and oxygen atoms in total. The molecule has 2 aromatic carbocycles. The molecule has 1 aliphatic heterocycles. The van der Waals surface area contributed by atoms with Crippen LogP contribution in [0.4, 0.5) is 0 Å². The fourth-order valence-corrected chi connectivity index (χ4v) is 4.13. The van der Waals surface area contributed by atoms with E-state index in [1.165, 1.54) is 5.56 Å². The van der Waals surface area contributed by atoms with Crippen LogP contribution in [0, 0.1) is 6.92 Å². The molecule has 31 heavy (non-hydrogen) atoms. The molecule has 0 aliphatic carbocycles. The Hall–Kier alpha value is -2.74. The number of methoxy groups -OCH3 is 1. The molecule has 8 heteroatoms. The molecule has 1 unspecified atom stereocenters. The Balaban J connectivity index is 1.80. The zero-order valence-electron chi connectivity index (χ0n) is 17.6. The van der Waals surface area contributed by atoms with E-state index in [9.17, 15) is 0 Å². The van der Waals surface area contributed by atoms with Crippen molar-refractivity contribution in [1.29, 1.82) is 0 Å². The highest BCUT2D eigenvalue weighted by Gasteiger charge is 2.33. The third-order valence-electron chi connectivity index (χ3n) is 5.27. The molecule has 0 saturated heterocycles. The minimum atomic E-state index is -0.209. The summed E-state index contributed by atoms with van der Waals surface area (Å²) in [4.78, 5) is 6.70. The van der Waals surface area contributed by atoms with Crippen LogP contribution in [0.5, 0.6) is 0 Å². The number of aromatic nitrogens is 2. The lowest BCUT2D eigenvalue weighted by atomic mass is 9.94. The molecule has 0 radical (unpaired) electrons. The van der Waals surface area contributed by atoms with Crippen LogP contribution in [0.15, 0.2) is 58.8 Å². The number of nitrogens with one attached hydrogen (secondary N) is 1. The van der Waals surface area contributed by atoms with Crippen molar-refractivity contribution in [1.82, 2.24) is 20.4 Å². The summed E-state index contributed by atoms with van der Waals surface area (Å²) in [6.07, 6.45) is 0. The summed E-state index contributed by atoms with van der Waals surface area (Å²) in [6, 6.07) is 15.5. The monoisotopic (exact) mass is 454 g/mol. The number of benzene rings is 2. The van der Waals surface area contributed by atoms with Crippen molar-refractivity contribution in [2.75, 3.05) is 20.3 Å². The van der Waals surface area contributed by atoms with Crippen molar-refractivity contribution in [3.8, 4) is 11.4 Å². The van der Waals surface area contributed by atoms with Crippen molar-refractivity contribution in [2.45, 2.75) is 19.9 Å². The number of thiocarbonyl (C=S) groups is 1. The van der Waals surface area contributed by atoms with Crippen LogP contribution in [-0.4, -0.2) is 40.4 Å². The molecule has 0 fully saturated rings. The summed E-state index contributed by atoms with van der Waals surface area (Å²) in [7, 11) is 1.67. The third kappa shape index (κ3) is 4.49. The summed E-state index contributed by atoms with van der Waals surface area (Å²) in [6.45, 7) is 5.24. The van der Waals surface area contributed by atoms with Gasteiger partial charge in [0.2, 0.25) is 5.82 Å². The van der Waals surface area contributed by atoms with Crippen molar-refractivity contribution in [3.05, 3.63) is 76.3 Å². The highest BCUT2D eigenvalue weighted by molar-refractivity contribution is 7.80. The second kappa shape index (κ2) is 9.18. The standard InChI is InChI=1S/C23H23ClN4O2S/c1-14-7-9-16(10-8-14)20-19(15(2)28(11-12-29-3)23(31)25-20)22-26-21(27-30-22)17-5-4-6-18(24)13-17/h4-10,13,20H,11-12H2,1-3H3,(H,25,31). The SMILES string of the molecule is COCCN1C(=S)NC(c2ccc(C)cc2)C(c2nc(-c3cccc(Cl)c3)no2)=C1C. The molecule has 1 aromatic heterocycles. The maximum absolute atomic E-state index is 6.13. The van der Waals surface area contributed by atoms with Crippen molar-refractivity contribution in [2.24, 2.45) is 0 Å². The first kappa shape index (κ1) is 21.5. The van der Waals surface area contributed by atoms with Gasteiger partial charge in [0.15, 0.2) is 5.11 Å². The van der Waals surface area contributed by atoms with Gasteiger partial charge in [-0.15, -0.1) is 0 Å². The largest absolute Gasteiger partial charge is 0.383 e. The quantitative estimate of drug-likeness (QED) is 0.525. The van der Waals surface area contributed by atoms with Crippen molar-refractivity contribution >= 4 is 34.5 Å². The van der Waals surface area contributed by atoms with E-state index in [1.54, 1.807) is 7.11 Å². The lowest BCUT2D eigenvalue weighted by molar-refractivity contribution is 0.183. The minimum absolute atomic E-state index is 0.209. The first-order chi connectivity index (χ1) is 15.0. The highest BCUT2D eigenvalue weighted by atomic mass is 35.5. The number of allylic oxidation sites excluding steroid dienone is 1. The minimum Gasteiger partial charge on any atom is -0.383 e. The Morgan fingerprint density at radius 1 is 1.19 bits per heavy atom. The van der Waals surface area contributed by atoms with Crippen LogP contribution in [0.1, 0.15) is 30.0 Å². The molecule has 0 spiro atoms. The second-order valence-electron chi connectivity index (χ2n) is 7.37. The Labute approximate surface area is 191 Å². The van der Waals surface area contributed by atoms with Gasteiger partial charge >= 0.3 is 0 Å². The molecular weight excluding hydrogens is 432 g/mol. The van der Waals surface area contributed by atoms with Gasteiger partial charge in [0, 0.05) is 29.9 Å². The number of nitrogens with zero attached hydrogens (tertiary/aromatic N) is 3. The first-order valence-corrected chi connectivity index (χ1v) is 10.7. The van der Waals surface area contributed by atoms with Gasteiger partial charge in [-0.25, -0.2) is 0 Å². The molecule has 2 heterocycles. The predicted molar refractivity (Wildman–Crippen MR) is 126 cm³/mol. The third-order valence-corrected chi connectivity index (χ3v) is 5.84. The zero-order chi connectivity index (χ0) is 22.0. The van der Waals surface area contributed by atoms with Crippen LogP contribution in [-0.2, 0) is 4.74 Å². The van der Waals surface area contributed by atoms with Crippen molar-refractivity contribution in [3.63, 3.8) is 0 Å². The average molecular weight is 455 g/mol. The lowest BCUT2D eigenvalue weighted by Crippen LogP contribution is -2.47. The molecule has 160 valence electrons. The van der Waals surface area contributed by atoms with Crippen LogP contribution in [0.25, 0.3) is 17.0 Å². The topological polar surface area (TPSA) is 63.4 Å². The molecule has 0 amide bonds. The summed E-state index contributed by atoms with van der Waals surface area (Å²) in [5, 5.41) is 8.90. The molecule has 0 saturated carbocycles. The lowest BCUT2D eigenvalue weighted by Gasteiger charge is -2.37. The van der Waals surface area contributed by atoms with E-state index >= 15 is 0 Å². The number of aryl methyl sites for hydroxylation is 1. The first-order valence-electron chi connectivity index (χ1n) is 9.92. The Morgan fingerprint density at radius 3 is 2.68 bits per heavy atom. The second-order valence-corrected chi connectivity index (χ2v) is 8.19. The Morgan fingerprint density at radius 2 is 1.97 bits per heavy atom. The van der Waals surface area contributed by atoms with Gasteiger partial charge in [0.1, 0.15) is 0 Å². The summed E-state index contributed by atoms with van der Waals surface area (Å²) in [5.41, 5.74) is 4.88. The van der Waals surface area contributed by atoms with Gasteiger partial charge in [0.25, 0.3) is 5.89 Å².